The zero-order valence-electron chi connectivity index (χ0n) is 10.5. The van der Waals surface area contributed by atoms with Gasteiger partial charge in [-0.25, -0.2) is 9.97 Å². The zero-order valence-corrected chi connectivity index (χ0v) is 10.5. The van der Waals surface area contributed by atoms with Crippen molar-refractivity contribution in [1.29, 1.82) is 0 Å². The number of aromatic nitrogens is 2. The number of rotatable bonds is 3. The van der Waals surface area contributed by atoms with Gasteiger partial charge in [0.15, 0.2) is 0 Å². The summed E-state index contributed by atoms with van der Waals surface area (Å²) in [6.45, 7) is 2.13. The van der Waals surface area contributed by atoms with Gasteiger partial charge in [0.05, 0.1) is 19.3 Å². The number of aliphatic hydroxyl groups is 1. The Bertz CT molecular complexity index is 392. The molecule has 0 bridgehead atoms. The van der Waals surface area contributed by atoms with Gasteiger partial charge in [-0.3, -0.25) is 0 Å². The Hall–Kier alpha value is -1.20. The Labute approximate surface area is 107 Å². The van der Waals surface area contributed by atoms with Gasteiger partial charge < -0.3 is 14.7 Å². The highest BCUT2D eigenvalue weighted by Gasteiger charge is 2.23. The van der Waals surface area contributed by atoms with Crippen molar-refractivity contribution in [3.05, 3.63) is 18.0 Å². The summed E-state index contributed by atoms with van der Waals surface area (Å²) in [5.74, 6) is 1.42. The van der Waals surface area contributed by atoms with E-state index in [2.05, 4.69) is 14.9 Å². The third kappa shape index (κ3) is 2.33. The normalized spacial score (nSPS) is 24.9. The molecule has 3 rings (SSSR count). The Morgan fingerprint density at radius 1 is 1.33 bits per heavy atom. The predicted octanol–water partition coefficient (Wildman–Crippen LogP) is 0.942. The molecule has 2 aliphatic rings. The SMILES string of the molecule is OCC1CN(c2ncc(C3CCC3)cn2)CCO1. The minimum atomic E-state index is -0.117. The molecular formula is C13H19N3O2. The zero-order chi connectivity index (χ0) is 12.4. The molecule has 1 aliphatic heterocycles. The van der Waals surface area contributed by atoms with Gasteiger partial charge >= 0.3 is 0 Å². The molecule has 98 valence electrons. The summed E-state index contributed by atoms with van der Waals surface area (Å²) in [7, 11) is 0. The van der Waals surface area contributed by atoms with Crippen molar-refractivity contribution in [2.75, 3.05) is 31.2 Å². The Morgan fingerprint density at radius 3 is 2.72 bits per heavy atom. The largest absolute Gasteiger partial charge is 0.394 e. The smallest absolute Gasteiger partial charge is 0.225 e. The third-order valence-electron chi connectivity index (χ3n) is 3.86. The Kier molecular flexibility index (Phi) is 3.43. The lowest BCUT2D eigenvalue weighted by atomic mass is 9.81. The van der Waals surface area contributed by atoms with Crippen molar-refractivity contribution in [1.82, 2.24) is 9.97 Å². The summed E-state index contributed by atoms with van der Waals surface area (Å²) in [5.41, 5.74) is 1.26. The van der Waals surface area contributed by atoms with Crippen molar-refractivity contribution in [2.45, 2.75) is 31.3 Å². The summed E-state index contributed by atoms with van der Waals surface area (Å²) in [4.78, 5) is 11.0. The van der Waals surface area contributed by atoms with E-state index in [1.54, 1.807) is 0 Å². The maximum atomic E-state index is 9.12. The lowest BCUT2D eigenvalue weighted by Gasteiger charge is -2.32. The highest BCUT2D eigenvalue weighted by atomic mass is 16.5. The van der Waals surface area contributed by atoms with Crippen LogP contribution in [0, 0.1) is 0 Å². The fourth-order valence-corrected chi connectivity index (χ4v) is 2.46. The van der Waals surface area contributed by atoms with E-state index >= 15 is 0 Å². The fraction of sp³-hybridized carbons (Fsp3) is 0.692. The van der Waals surface area contributed by atoms with Crippen LogP contribution in [0.5, 0.6) is 0 Å². The molecule has 5 nitrogen and oxygen atoms in total. The summed E-state index contributed by atoms with van der Waals surface area (Å²) in [5, 5.41) is 9.12. The maximum Gasteiger partial charge on any atom is 0.225 e. The first kappa shape index (κ1) is 11.9. The molecule has 2 heterocycles. The lowest BCUT2D eigenvalue weighted by Crippen LogP contribution is -2.44. The minimum absolute atomic E-state index is 0.0522. The van der Waals surface area contributed by atoms with Gasteiger partial charge in [0, 0.05) is 25.5 Å². The van der Waals surface area contributed by atoms with Crippen molar-refractivity contribution in [2.24, 2.45) is 0 Å². The number of ether oxygens (including phenoxy) is 1. The molecule has 1 aliphatic carbocycles. The molecule has 1 saturated carbocycles. The van der Waals surface area contributed by atoms with Crippen LogP contribution in [0.3, 0.4) is 0 Å². The van der Waals surface area contributed by atoms with Crippen LogP contribution in [-0.4, -0.2) is 47.5 Å². The lowest BCUT2D eigenvalue weighted by molar-refractivity contribution is 0.00313. The molecule has 1 atom stereocenters. The number of morpholine rings is 1. The number of nitrogens with zero attached hydrogens (tertiary/aromatic N) is 3. The van der Waals surface area contributed by atoms with Gasteiger partial charge in [-0.2, -0.15) is 0 Å². The Balaban J connectivity index is 1.67. The molecule has 1 aromatic heterocycles. The molecule has 5 heteroatoms. The molecule has 18 heavy (non-hydrogen) atoms. The molecule has 0 aromatic carbocycles. The van der Waals surface area contributed by atoms with Crippen LogP contribution < -0.4 is 4.90 Å². The average Bonchev–Trinajstić information content (AvgIpc) is 2.38. The van der Waals surface area contributed by atoms with Gasteiger partial charge in [-0.1, -0.05) is 6.42 Å². The summed E-state index contributed by atoms with van der Waals surface area (Å²) >= 11 is 0. The van der Waals surface area contributed by atoms with Gasteiger partial charge in [-0.05, 0) is 24.3 Å². The van der Waals surface area contributed by atoms with E-state index < -0.39 is 0 Å². The molecule has 2 fully saturated rings. The van der Waals surface area contributed by atoms with E-state index in [1.165, 1.54) is 24.8 Å². The van der Waals surface area contributed by atoms with E-state index in [1.807, 2.05) is 12.4 Å². The number of aliphatic hydroxyl groups excluding tert-OH is 1. The minimum Gasteiger partial charge on any atom is -0.394 e. The highest BCUT2D eigenvalue weighted by molar-refractivity contribution is 5.31. The van der Waals surface area contributed by atoms with Crippen LogP contribution in [-0.2, 0) is 4.74 Å². The third-order valence-corrected chi connectivity index (χ3v) is 3.86. The number of anilines is 1. The first-order valence-electron chi connectivity index (χ1n) is 6.66. The van der Waals surface area contributed by atoms with Crippen LogP contribution in [0.2, 0.25) is 0 Å². The van der Waals surface area contributed by atoms with E-state index in [0.29, 0.717) is 19.1 Å². The standard InChI is InChI=1S/C13H19N3O2/c17-9-12-8-16(4-5-18-12)13-14-6-11(7-15-13)10-2-1-3-10/h6-7,10,12,17H,1-5,8-9H2. The summed E-state index contributed by atoms with van der Waals surface area (Å²) < 4.78 is 5.42. The summed E-state index contributed by atoms with van der Waals surface area (Å²) in [6, 6.07) is 0. The van der Waals surface area contributed by atoms with Crippen molar-refractivity contribution in [3.8, 4) is 0 Å². The molecule has 0 amide bonds. The van der Waals surface area contributed by atoms with Crippen molar-refractivity contribution in [3.63, 3.8) is 0 Å². The van der Waals surface area contributed by atoms with Crippen LogP contribution in [0.15, 0.2) is 12.4 Å². The second-order valence-corrected chi connectivity index (χ2v) is 5.07. The monoisotopic (exact) mass is 249 g/mol. The van der Waals surface area contributed by atoms with Crippen LogP contribution >= 0.6 is 0 Å². The van der Waals surface area contributed by atoms with Gasteiger partial charge in [0.1, 0.15) is 0 Å². The van der Waals surface area contributed by atoms with Gasteiger partial charge in [0.2, 0.25) is 5.95 Å². The quantitative estimate of drug-likeness (QED) is 0.864. The first-order valence-corrected chi connectivity index (χ1v) is 6.66. The second-order valence-electron chi connectivity index (χ2n) is 5.07. The van der Waals surface area contributed by atoms with E-state index in [0.717, 1.165) is 12.5 Å². The fourth-order valence-electron chi connectivity index (χ4n) is 2.46. The van der Waals surface area contributed by atoms with E-state index in [9.17, 15) is 0 Å². The topological polar surface area (TPSA) is 58.5 Å². The molecular weight excluding hydrogens is 230 g/mol. The van der Waals surface area contributed by atoms with Crippen LogP contribution in [0.4, 0.5) is 5.95 Å². The van der Waals surface area contributed by atoms with Gasteiger partial charge in [-0.15, -0.1) is 0 Å². The first-order chi connectivity index (χ1) is 8.86. The van der Waals surface area contributed by atoms with Crippen molar-refractivity contribution < 1.29 is 9.84 Å². The van der Waals surface area contributed by atoms with E-state index in [-0.39, 0.29) is 12.7 Å². The number of hydrogen-bond donors (Lipinski definition) is 1. The molecule has 1 N–H and O–H groups in total. The average molecular weight is 249 g/mol. The molecule has 1 saturated heterocycles. The van der Waals surface area contributed by atoms with E-state index in [4.69, 9.17) is 9.84 Å². The molecule has 0 radical (unpaired) electrons. The van der Waals surface area contributed by atoms with Crippen LogP contribution in [0.1, 0.15) is 30.7 Å². The van der Waals surface area contributed by atoms with Crippen LogP contribution in [0.25, 0.3) is 0 Å². The second kappa shape index (κ2) is 5.20. The molecule has 1 aromatic rings. The highest BCUT2D eigenvalue weighted by Crippen LogP contribution is 2.35. The predicted molar refractivity (Wildman–Crippen MR) is 67.7 cm³/mol. The van der Waals surface area contributed by atoms with Crippen molar-refractivity contribution >= 4 is 5.95 Å². The molecule has 1 unspecified atom stereocenters. The van der Waals surface area contributed by atoms with Gasteiger partial charge in [0.25, 0.3) is 0 Å². The molecule has 0 spiro atoms. The Morgan fingerprint density at radius 2 is 2.11 bits per heavy atom. The number of hydrogen-bond acceptors (Lipinski definition) is 5. The maximum absolute atomic E-state index is 9.12. The summed E-state index contributed by atoms with van der Waals surface area (Å²) in [6.07, 6.45) is 7.66.